The molecule has 0 N–H and O–H groups in total. The van der Waals surface area contributed by atoms with Gasteiger partial charge >= 0.3 is 0 Å². The second-order valence-electron chi connectivity index (χ2n) is 6.69. The predicted octanol–water partition coefficient (Wildman–Crippen LogP) is 4.68. The van der Waals surface area contributed by atoms with Gasteiger partial charge in [0.15, 0.2) is 13.6 Å². The Kier molecular flexibility index (Phi) is 12.6. The van der Waals surface area contributed by atoms with Crippen LogP contribution in [0.15, 0.2) is 60.7 Å². The van der Waals surface area contributed by atoms with Gasteiger partial charge in [0.05, 0.1) is 38.6 Å². The molecule has 6 heteroatoms. The summed E-state index contributed by atoms with van der Waals surface area (Å²) in [4.78, 5) is 0. The van der Waals surface area contributed by atoms with Crippen LogP contribution < -0.4 is 9.47 Å². The smallest absolute Gasteiger partial charge is 0.189 e. The van der Waals surface area contributed by atoms with E-state index in [2.05, 4.69) is 13.8 Å². The van der Waals surface area contributed by atoms with E-state index in [0.717, 1.165) is 24.3 Å². The Morgan fingerprint density at radius 2 is 1.00 bits per heavy atom. The number of hydrogen-bond donors (Lipinski definition) is 0. The third kappa shape index (κ3) is 10.6. The quantitative estimate of drug-likeness (QED) is 0.275. The summed E-state index contributed by atoms with van der Waals surface area (Å²) in [5.74, 6) is 1.59. The molecule has 0 fully saturated rings. The summed E-state index contributed by atoms with van der Waals surface area (Å²) in [5, 5.41) is 0. The van der Waals surface area contributed by atoms with Crippen molar-refractivity contribution < 1.29 is 28.4 Å². The standard InChI is InChI=1S/C24H34O6/c1-3-21(27-19-29-23-11-7-5-8-12-23)17-25-15-16-26-18-22(4-2)28-20-30-24-13-9-6-10-14-24/h5-14,21-22H,3-4,15-20H2,1-2H3. The van der Waals surface area contributed by atoms with Gasteiger partial charge in [-0.05, 0) is 37.1 Å². The zero-order chi connectivity index (χ0) is 21.3. The lowest BCUT2D eigenvalue weighted by atomic mass is 10.3. The van der Waals surface area contributed by atoms with Crippen LogP contribution >= 0.6 is 0 Å². The molecule has 0 amide bonds. The Bertz CT molecular complexity index is 579. The lowest BCUT2D eigenvalue weighted by Gasteiger charge is -2.18. The Hall–Kier alpha value is -2.12. The zero-order valence-corrected chi connectivity index (χ0v) is 18.0. The van der Waals surface area contributed by atoms with E-state index in [1.807, 2.05) is 60.7 Å². The van der Waals surface area contributed by atoms with Gasteiger partial charge in [-0.25, -0.2) is 0 Å². The minimum Gasteiger partial charge on any atom is -0.468 e. The van der Waals surface area contributed by atoms with Crippen molar-refractivity contribution >= 4 is 0 Å². The molecule has 2 aromatic rings. The normalized spacial score (nSPS) is 13.0. The average molecular weight is 419 g/mol. The van der Waals surface area contributed by atoms with Gasteiger partial charge < -0.3 is 28.4 Å². The van der Waals surface area contributed by atoms with E-state index in [9.17, 15) is 0 Å². The summed E-state index contributed by atoms with van der Waals surface area (Å²) in [6.07, 6.45) is 1.70. The van der Waals surface area contributed by atoms with Gasteiger partial charge in [0, 0.05) is 0 Å². The minimum atomic E-state index is -0.00410. The summed E-state index contributed by atoms with van der Waals surface area (Å²) in [6.45, 7) is 6.59. The molecule has 0 aliphatic carbocycles. The summed E-state index contributed by atoms with van der Waals surface area (Å²) in [6, 6.07) is 19.2. The predicted molar refractivity (Wildman–Crippen MR) is 116 cm³/mol. The van der Waals surface area contributed by atoms with Gasteiger partial charge in [-0.15, -0.1) is 0 Å². The molecule has 0 aliphatic heterocycles. The van der Waals surface area contributed by atoms with Crippen LogP contribution in [-0.2, 0) is 18.9 Å². The van der Waals surface area contributed by atoms with Crippen molar-refractivity contribution in [3.8, 4) is 11.5 Å². The molecule has 0 spiro atoms. The molecular weight excluding hydrogens is 384 g/mol. The number of para-hydroxylation sites is 2. The van der Waals surface area contributed by atoms with Crippen LogP contribution in [0, 0.1) is 0 Å². The van der Waals surface area contributed by atoms with E-state index in [-0.39, 0.29) is 25.8 Å². The molecule has 2 unspecified atom stereocenters. The average Bonchev–Trinajstić information content (AvgIpc) is 2.80. The molecule has 6 nitrogen and oxygen atoms in total. The first-order valence-electron chi connectivity index (χ1n) is 10.6. The van der Waals surface area contributed by atoms with Crippen molar-refractivity contribution in [3.63, 3.8) is 0 Å². The molecule has 2 rings (SSSR count). The number of hydrogen-bond acceptors (Lipinski definition) is 6. The number of benzene rings is 2. The van der Waals surface area contributed by atoms with Crippen LogP contribution in [0.3, 0.4) is 0 Å². The highest BCUT2D eigenvalue weighted by Gasteiger charge is 2.09. The van der Waals surface area contributed by atoms with Crippen LogP contribution in [0.2, 0.25) is 0 Å². The summed E-state index contributed by atoms with van der Waals surface area (Å²) in [5.41, 5.74) is 0. The molecule has 2 atom stereocenters. The van der Waals surface area contributed by atoms with Crippen molar-refractivity contribution in [2.24, 2.45) is 0 Å². The fourth-order valence-electron chi connectivity index (χ4n) is 2.55. The molecule has 0 aliphatic rings. The Labute approximate surface area is 180 Å². The van der Waals surface area contributed by atoms with Crippen LogP contribution in [0.1, 0.15) is 26.7 Å². The first-order chi connectivity index (χ1) is 14.8. The van der Waals surface area contributed by atoms with E-state index in [0.29, 0.717) is 26.4 Å². The molecule has 0 radical (unpaired) electrons. The van der Waals surface area contributed by atoms with Gasteiger partial charge in [-0.2, -0.15) is 0 Å². The van der Waals surface area contributed by atoms with Crippen molar-refractivity contribution in [2.45, 2.75) is 38.9 Å². The Balaban J connectivity index is 1.47. The van der Waals surface area contributed by atoms with Crippen LogP contribution in [0.5, 0.6) is 11.5 Å². The van der Waals surface area contributed by atoms with Crippen molar-refractivity contribution in [1.29, 1.82) is 0 Å². The van der Waals surface area contributed by atoms with E-state index in [4.69, 9.17) is 28.4 Å². The van der Waals surface area contributed by atoms with Crippen molar-refractivity contribution in [3.05, 3.63) is 60.7 Å². The van der Waals surface area contributed by atoms with Gasteiger partial charge in [-0.3, -0.25) is 0 Å². The SMILES string of the molecule is CCC(COCCOCC(CC)OCOc1ccccc1)OCOc1ccccc1. The van der Waals surface area contributed by atoms with E-state index in [1.54, 1.807) is 0 Å². The second kappa shape index (κ2) is 15.7. The van der Waals surface area contributed by atoms with Crippen LogP contribution in [0.25, 0.3) is 0 Å². The van der Waals surface area contributed by atoms with Crippen LogP contribution in [0.4, 0.5) is 0 Å². The van der Waals surface area contributed by atoms with E-state index >= 15 is 0 Å². The summed E-state index contributed by atoms with van der Waals surface area (Å²) >= 11 is 0. The molecule has 0 heterocycles. The highest BCUT2D eigenvalue weighted by Crippen LogP contribution is 2.10. The summed E-state index contributed by atoms with van der Waals surface area (Å²) < 4.78 is 33.9. The monoisotopic (exact) mass is 418 g/mol. The fourth-order valence-corrected chi connectivity index (χ4v) is 2.55. The van der Waals surface area contributed by atoms with Gasteiger partial charge in [0.25, 0.3) is 0 Å². The van der Waals surface area contributed by atoms with Gasteiger partial charge in [0.2, 0.25) is 0 Å². The van der Waals surface area contributed by atoms with E-state index < -0.39 is 0 Å². The molecule has 30 heavy (non-hydrogen) atoms. The molecule has 166 valence electrons. The molecule has 0 saturated heterocycles. The maximum Gasteiger partial charge on any atom is 0.189 e. The highest BCUT2D eigenvalue weighted by atomic mass is 16.7. The Morgan fingerprint density at radius 3 is 1.37 bits per heavy atom. The Morgan fingerprint density at radius 1 is 0.600 bits per heavy atom. The number of ether oxygens (including phenoxy) is 6. The largest absolute Gasteiger partial charge is 0.468 e. The lowest BCUT2D eigenvalue weighted by Crippen LogP contribution is -2.24. The van der Waals surface area contributed by atoms with Gasteiger partial charge in [0.1, 0.15) is 11.5 Å². The first-order valence-corrected chi connectivity index (χ1v) is 10.6. The first kappa shape index (κ1) is 24.2. The molecule has 0 aromatic heterocycles. The second-order valence-corrected chi connectivity index (χ2v) is 6.69. The molecule has 0 bridgehead atoms. The fraction of sp³-hybridized carbons (Fsp3) is 0.500. The highest BCUT2D eigenvalue weighted by molar-refractivity contribution is 5.21. The molecule has 0 saturated carbocycles. The minimum absolute atomic E-state index is 0.00410. The third-order valence-electron chi connectivity index (χ3n) is 4.44. The molecule has 2 aromatic carbocycles. The zero-order valence-electron chi connectivity index (χ0n) is 18.0. The third-order valence-corrected chi connectivity index (χ3v) is 4.44. The van der Waals surface area contributed by atoms with Crippen molar-refractivity contribution in [1.82, 2.24) is 0 Å². The maximum absolute atomic E-state index is 5.72. The van der Waals surface area contributed by atoms with Gasteiger partial charge in [-0.1, -0.05) is 50.2 Å². The van der Waals surface area contributed by atoms with E-state index in [1.165, 1.54) is 0 Å². The maximum atomic E-state index is 5.72. The summed E-state index contributed by atoms with van der Waals surface area (Å²) in [7, 11) is 0. The van der Waals surface area contributed by atoms with Crippen molar-refractivity contribution in [2.75, 3.05) is 40.0 Å². The molecular formula is C24H34O6. The number of rotatable bonds is 17. The van der Waals surface area contributed by atoms with Crippen LogP contribution in [-0.4, -0.2) is 52.2 Å². The lowest BCUT2D eigenvalue weighted by molar-refractivity contribution is -0.0910. The topological polar surface area (TPSA) is 55.4 Å².